The molecule has 2 aliphatic heterocycles. The largest absolute Gasteiger partial charge is 0.489 e. The number of hydrogen-bond donors (Lipinski definition) is 0. The predicted octanol–water partition coefficient (Wildman–Crippen LogP) is 5.16. The van der Waals surface area contributed by atoms with Crippen LogP contribution in [0.25, 0.3) is 0 Å². The molecule has 2 atom stereocenters. The quantitative estimate of drug-likeness (QED) is 0.198. The fourth-order valence-electron chi connectivity index (χ4n) is 2.57. The molecule has 2 aliphatic rings. The number of carbonyl (C=O) groups is 1. The summed E-state index contributed by atoms with van der Waals surface area (Å²) in [6.07, 6.45) is 0.522. The SMILES string of the molecule is O=C(Cc1cc(I)c(Oc2cc(I)c(OCC3CO3)c(I)c2)c(I)c1)OCC1CO1. The summed E-state index contributed by atoms with van der Waals surface area (Å²) in [6, 6.07) is 7.83. The third-order valence-corrected chi connectivity index (χ3v) is 7.45. The Hall–Kier alpha value is 0.350. The lowest BCUT2D eigenvalue weighted by molar-refractivity contribution is -0.143. The van der Waals surface area contributed by atoms with Crippen LogP contribution in [0, 0.1) is 14.3 Å². The molecule has 0 amide bonds. The van der Waals surface area contributed by atoms with Crippen molar-refractivity contribution in [3.05, 3.63) is 44.1 Å². The molecule has 2 heterocycles. The molecule has 0 bridgehead atoms. The average Bonchev–Trinajstić information content (AvgIpc) is 3.57. The molecule has 0 aliphatic carbocycles. The molecule has 6 nitrogen and oxygen atoms in total. The van der Waals surface area contributed by atoms with E-state index in [-0.39, 0.29) is 24.6 Å². The monoisotopic (exact) mass is 860 g/mol. The Morgan fingerprint density at radius 2 is 1.40 bits per heavy atom. The van der Waals surface area contributed by atoms with Crippen LogP contribution in [0.15, 0.2) is 24.3 Å². The second-order valence-corrected chi connectivity index (χ2v) is 11.4. The number of ether oxygens (including phenoxy) is 5. The van der Waals surface area contributed by atoms with Gasteiger partial charge in [0.2, 0.25) is 0 Å². The van der Waals surface area contributed by atoms with Crippen LogP contribution in [0.3, 0.4) is 0 Å². The molecule has 2 unspecified atom stereocenters. The van der Waals surface area contributed by atoms with Crippen LogP contribution in [0.4, 0.5) is 0 Å². The van der Waals surface area contributed by atoms with Crippen molar-refractivity contribution < 1.29 is 28.5 Å². The summed E-state index contributed by atoms with van der Waals surface area (Å²) in [5, 5.41) is 0. The summed E-state index contributed by atoms with van der Waals surface area (Å²) in [7, 11) is 0. The highest BCUT2D eigenvalue weighted by atomic mass is 127. The third kappa shape index (κ3) is 6.68. The summed E-state index contributed by atoms with van der Waals surface area (Å²) in [5.41, 5.74) is 0.896. The molecular weight excluding hydrogens is 844 g/mol. The van der Waals surface area contributed by atoms with E-state index >= 15 is 0 Å². The lowest BCUT2D eigenvalue weighted by atomic mass is 10.1. The third-order valence-electron chi connectivity index (χ3n) is 4.25. The second-order valence-electron chi connectivity index (χ2n) is 6.79. The lowest BCUT2D eigenvalue weighted by Crippen LogP contribution is -2.12. The molecule has 0 aromatic heterocycles. The standard InChI is InChI=1S/C20H16I4O6/c21-14-1-10(3-18(25)28-8-12-6-26-12)2-15(22)20(14)30-11-4-16(23)19(17(24)5-11)29-9-13-7-27-13/h1-2,4-5,12-13H,3,6-9H2. The van der Waals surface area contributed by atoms with Crippen LogP contribution in [-0.4, -0.2) is 44.6 Å². The Kier molecular flexibility index (Phi) is 8.24. The van der Waals surface area contributed by atoms with Gasteiger partial charge < -0.3 is 23.7 Å². The van der Waals surface area contributed by atoms with Gasteiger partial charge >= 0.3 is 5.97 Å². The zero-order chi connectivity index (χ0) is 21.3. The zero-order valence-corrected chi connectivity index (χ0v) is 24.1. The van der Waals surface area contributed by atoms with Crippen LogP contribution in [0.2, 0.25) is 0 Å². The minimum atomic E-state index is -0.248. The zero-order valence-electron chi connectivity index (χ0n) is 15.5. The molecule has 0 radical (unpaired) electrons. The van der Waals surface area contributed by atoms with Crippen molar-refractivity contribution >= 4 is 96.3 Å². The van der Waals surface area contributed by atoms with Gasteiger partial charge in [-0.2, -0.15) is 0 Å². The van der Waals surface area contributed by atoms with Gasteiger partial charge in [0, 0.05) is 0 Å². The van der Waals surface area contributed by atoms with Gasteiger partial charge in [-0.05, 0) is 120 Å². The Morgan fingerprint density at radius 1 is 0.867 bits per heavy atom. The van der Waals surface area contributed by atoms with Crippen LogP contribution >= 0.6 is 90.4 Å². The van der Waals surface area contributed by atoms with E-state index in [4.69, 9.17) is 23.7 Å². The van der Waals surface area contributed by atoms with Gasteiger partial charge in [0.25, 0.3) is 0 Å². The number of benzene rings is 2. The molecule has 10 heteroatoms. The van der Waals surface area contributed by atoms with Gasteiger partial charge in [0.1, 0.15) is 36.9 Å². The molecule has 30 heavy (non-hydrogen) atoms. The van der Waals surface area contributed by atoms with E-state index in [2.05, 4.69) is 90.4 Å². The summed E-state index contributed by atoms with van der Waals surface area (Å²) >= 11 is 8.99. The van der Waals surface area contributed by atoms with E-state index < -0.39 is 0 Å². The summed E-state index contributed by atoms with van der Waals surface area (Å²) in [5.74, 6) is 2.12. The molecule has 2 fully saturated rings. The molecule has 4 rings (SSSR count). The van der Waals surface area contributed by atoms with Crippen LogP contribution < -0.4 is 9.47 Å². The minimum Gasteiger partial charge on any atom is -0.489 e. The maximum atomic E-state index is 12.0. The summed E-state index contributed by atoms with van der Waals surface area (Å²) < 4.78 is 31.4. The first-order chi connectivity index (χ1) is 14.4. The van der Waals surface area contributed by atoms with Gasteiger partial charge in [-0.25, -0.2) is 0 Å². The normalized spacial score (nSPS) is 19.3. The van der Waals surface area contributed by atoms with Gasteiger partial charge in [-0.1, -0.05) is 0 Å². The van der Waals surface area contributed by atoms with E-state index in [1.807, 2.05) is 24.3 Å². The van der Waals surface area contributed by atoms with E-state index in [0.717, 1.165) is 43.7 Å². The molecule has 160 valence electrons. The van der Waals surface area contributed by atoms with Crippen molar-refractivity contribution in [2.45, 2.75) is 18.6 Å². The smallest absolute Gasteiger partial charge is 0.310 e. The van der Waals surface area contributed by atoms with E-state index in [1.165, 1.54) is 0 Å². The van der Waals surface area contributed by atoms with Crippen LogP contribution in [-0.2, 0) is 25.4 Å². The molecule has 2 saturated heterocycles. The second kappa shape index (κ2) is 10.5. The molecular formula is C20H16I4O6. The van der Waals surface area contributed by atoms with Gasteiger partial charge in [-0.15, -0.1) is 0 Å². The van der Waals surface area contributed by atoms with Crippen molar-refractivity contribution in [3.63, 3.8) is 0 Å². The Balaban J connectivity index is 1.43. The molecule has 2 aromatic rings. The van der Waals surface area contributed by atoms with Crippen LogP contribution in [0.5, 0.6) is 17.2 Å². The van der Waals surface area contributed by atoms with Crippen molar-refractivity contribution in [2.75, 3.05) is 26.4 Å². The summed E-state index contributed by atoms with van der Waals surface area (Å²) in [6.45, 7) is 2.35. The molecule has 2 aromatic carbocycles. The van der Waals surface area contributed by atoms with E-state index in [9.17, 15) is 4.79 Å². The number of halogens is 4. The first-order valence-corrected chi connectivity index (χ1v) is 13.4. The van der Waals surface area contributed by atoms with E-state index in [1.54, 1.807) is 0 Å². The van der Waals surface area contributed by atoms with Crippen molar-refractivity contribution in [2.24, 2.45) is 0 Å². The predicted molar refractivity (Wildman–Crippen MR) is 143 cm³/mol. The van der Waals surface area contributed by atoms with E-state index in [0.29, 0.717) is 19.8 Å². The van der Waals surface area contributed by atoms with Gasteiger partial charge in [0.05, 0.1) is 33.9 Å². The Bertz CT molecular complexity index is 912. The highest BCUT2D eigenvalue weighted by Gasteiger charge is 2.25. The fraction of sp³-hybridized carbons (Fsp3) is 0.350. The molecule has 0 N–H and O–H groups in total. The first kappa shape index (κ1) is 23.5. The molecule has 0 spiro atoms. The number of rotatable bonds is 9. The Labute approximate surface area is 228 Å². The van der Waals surface area contributed by atoms with Crippen molar-refractivity contribution in [3.8, 4) is 17.2 Å². The highest BCUT2D eigenvalue weighted by Crippen LogP contribution is 2.37. The maximum Gasteiger partial charge on any atom is 0.310 e. The van der Waals surface area contributed by atoms with Crippen LogP contribution in [0.1, 0.15) is 5.56 Å². The maximum absolute atomic E-state index is 12.0. The number of esters is 1. The minimum absolute atomic E-state index is 0.0782. The number of carbonyl (C=O) groups excluding carboxylic acids is 1. The number of epoxide rings is 2. The molecule has 0 saturated carbocycles. The fourth-order valence-corrected chi connectivity index (χ4v) is 6.71. The number of hydrogen-bond acceptors (Lipinski definition) is 6. The lowest BCUT2D eigenvalue weighted by Gasteiger charge is -2.15. The van der Waals surface area contributed by atoms with Gasteiger partial charge in [0.15, 0.2) is 5.75 Å². The summed E-state index contributed by atoms with van der Waals surface area (Å²) in [4.78, 5) is 12.0. The Morgan fingerprint density at radius 3 is 1.97 bits per heavy atom. The van der Waals surface area contributed by atoms with Gasteiger partial charge in [-0.3, -0.25) is 4.79 Å². The first-order valence-electron chi connectivity index (χ1n) is 9.05. The van der Waals surface area contributed by atoms with Crippen molar-refractivity contribution in [1.29, 1.82) is 0 Å². The average molecular weight is 860 g/mol. The topological polar surface area (TPSA) is 69.8 Å². The highest BCUT2D eigenvalue weighted by molar-refractivity contribution is 14.1. The van der Waals surface area contributed by atoms with Crippen molar-refractivity contribution in [1.82, 2.24) is 0 Å².